The van der Waals surface area contributed by atoms with E-state index in [4.69, 9.17) is 0 Å². The molecule has 2 fully saturated rings. The summed E-state index contributed by atoms with van der Waals surface area (Å²) in [5, 5.41) is 6.61. The van der Waals surface area contributed by atoms with Gasteiger partial charge in [0.05, 0.1) is 6.04 Å². The van der Waals surface area contributed by atoms with Crippen LogP contribution in [0.5, 0.6) is 0 Å². The number of rotatable bonds is 9. The van der Waals surface area contributed by atoms with Crippen molar-refractivity contribution in [2.24, 2.45) is 5.92 Å². The van der Waals surface area contributed by atoms with Crippen molar-refractivity contribution in [1.82, 2.24) is 15.5 Å². The average Bonchev–Trinajstić information content (AvgIpc) is 3.34. The zero-order valence-corrected chi connectivity index (χ0v) is 13.9. The van der Waals surface area contributed by atoms with E-state index < -0.39 is 0 Å². The van der Waals surface area contributed by atoms with Crippen LogP contribution in [-0.4, -0.2) is 49.1 Å². The summed E-state index contributed by atoms with van der Waals surface area (Å²) in [4.78, 5) is 14.8. The largest absolute Gasteiger partial charge is 0.355 e. The van der Waals surface area contributed by atoms with E-state index >= 15 is 0 Å². The van der Waals surface area contributed by atoms with Crippen LogP contribution in [0.3, 0.4) is 0 Å². The van der Waals surface area contributed by atoms with E-state index in [2.05, 4.69) is 29.4 Å². The monoisotopic (exact) mass is 295 g/mol. The van der Waals surface area contributed by atoms with E-state index in [0.717, 1.165) is 38.5 Å². The van der Waals surface area contributed by atoms with Crippen LogP contribution >= 0.6 is 0 Å². The van der Waals surface area contributed by atoms with Crippen molar-refractivity contribution >= 4 is 5.91 Å². The number of amides is 1. The molecule has 0 aromatic rings. The van der Waals surface area contributed by atoms with E-state index in [9.17, 15) is 4.79 Å². The molecule has 4 nitrogen and oxygen atoms in total. The Kier molecular flexibility index (Phi) is 6.97. The molecule has 2 unspecified atom stereocenters. The lowest BCUT2D eigenvalue weighted by Gasteiger charge is -2.33. The molecule has 1 aliphatic heterocycles. The molecule has 0 radical (unpaired) electrons. The van der Waals surface area contributed by atoms with Crippen LogP contribution in [0.25, 0.3) is 0 Å². The number of hydrogen-bond donors (Lipinski definition) is 2. The molecule has 0 aromatic heterocycles. The van der Waals surface area contributed by atoms with Crippen LogP contribution in [-0.2, 0) is 4.79 Å². The van der Waals surface area contributed by atoms with Gasteiger partial charge in [0.1, 0.15) is 0 Å². The van der Waals surface area contributed by atoms with Crippen molar-refractivity contribution in [3.8, 4) is 0 Å². The quantitative estimate of drug-likeness (QED) is 0.641. The maximum Gasteiger partial charge on any atom is 0.237 e. The fourth-order valence-corrected chi connectivity index (χ4v) is 3.29. The van der Waals surface area contributed by atoms with Crippen LogP contribution < -0.4 is 10.6 Å². The van der Waals surface area contributed by atoms with E-state index in [1.165, 1.54) is 38.5 Å². The molecule has 2 atom stereocenters. The van der Waals surface area contributed by atoms with Crippen molar-refractivity contribution in [1.29, 1.82) is 0 Å². The minimum Gasteiger partial charge on any atom is -0.355 e. The van der Waals surface area contributed by atoms with Gasteiger partial charge < -0.3 is 10.6 Å². The second-order valence-corrected chi connectivity index (χ2v) is 6.81. The molecule has 1 amide bonds. The first-order valence-electron chi connectivity index (χ1n) is 8.96. The maximum atomic E-state index is 12.4. The number of nitrogens with one attached hydrogen (secondary N) is 2. The average molecular weight is 295 g/mol. The topological polar surface area (TPSA) is 44.4 Å². The van der Waals surface area contributed by atoms with Crippen molar-refractivity contribution in [3.05, 3.63) is 0 Å². The van der Waals surface area contributed by atoms with Crippen molar-refractivity contribution in [2.45, 2.75) is 70.9 Å². The molecule has 0 spiro atoms. The fourth-order valence-electron chi connectivity index (χ4n) is 3.29. The van der Waals surface area contributed by atoms with Gasteiger partial charge in [-0.2, -0.15) is 0 Å². The molecule has 1 aliphatic carbocycles. The second kappa shape index (κ2) is 8.74. The van der Waals surface area contributed by atoms with Gasteiger partial charge in [0.25, 0.3) is 0 Å². The Morgan fingerprint density at radius 3 is 2.76 bits per heavy atom. The minimum atomic E-state index is 0.0288. The Labute approximate surface area is 130 Å². The zero-order chi connectivity index (χ0) is 15.1. The Hall–Kier alpha value is -0.610. The van der Waals surface area contributed by atoms with Gasteiger partial charge in [-0.3, -0.25) is 9.69 Å². The van der Waals surface area contributed by atoms with Crippen molar-refractivity contribution in [2.75, 3.05) is 26.2 Å². The van der Waals surface area contributed by atoms with Crippen molar-refractivity contribution in [3.63, 3.8) is 0 Å². The normalized spacial score (nSPS) is 24.0. The Balaban J connectivity index is 1.77. The van der Waals surface area contributed by atoms with Crippen LogP contribution in [0.2, 0.25) is 0 Å². The minimum absolute atomic E-state index is 0.0288. The lowest BCUT2D eigenvalue weighted by molar-refractivity contribution is -0.126. The van der Waals surface area contributed by atoms with Crippen LogP contribution in [0, 0.1) is 5.92 Å². The molecular formula is C17H33N3O. The summed E-state index contributed by atoms with van der Waals surface area (Å²) in [5.74, 6) is 0.941. The number of nitrogens with zero attached hydrogens (tertiary/aromatic N) is 1. The van der Waals surface area contributed by atoms with E-state index in [1.54, 1.807) is 0 Å². The van der Waals surface area contributed by atoms with Gasteiger partial charge in [0.2, 0.25) is 5.91 Å². The van der Waals surface area contributed by atoms with Crippen LogP contribution in [0.1, 0.15) is 58.8 Å². The van der Waals surface area contributed by atoms with E-state index in [1.807, 2.05) is 0 Å². The molecule has 0 bridgehead atoms. The molecule has 2 N–H and O–H groups in total. The van der Waals surface area contributed by atoms with E-state index in [-0.39, 0.29) is 11.9 Å². The smallest absolute Gasteiger partial charge is 0.237 e. The predicted octanol–water partition coefficient (Wildman–Crippen LogP) is 2.15. The third kappa shape index (κ3) is 5.59. The van der Waals surface area contributed by atoms with Gasteiger partial charge >= 0.3 is 0 Å². The number of piperidine rings is 1. The van der Waals surface area contributed by atoms with Crippen LogP contribution in [0.15, 0.2) is 0 Å². The lowest BCUT2D eigenvalue weighted by Crippen LogP contribution is -2.49. The second-order valence-electron chi connectivity index (χ2n) is 6.81. The third-order valence-corrected chi connectivity index (χ3v) is 4.84. The SMILES string of the molecule is CCCCCNC(=O)C(C)N(CC1CCCNC1)C1CC1. The van der Waals surface area contributed by atoms with Gasteiger partial charge in [-0.15, -0.1) is 0 Å². The van der Waals surface area contributed by atoms with Gasteiger partial charge in [-0.1, -0.05) is 19.8 Å². The predicted molar refractivity (Wildman–Crippen MR) is 87.3 cm³/mol. The van der Waals surface area contributed by atoms with Gasteiger partial charge in [-0.05, 0) is 58.0 Å². The molecule has 2 rings (SSSR count). The van der Waals surface area contributed by atoms with Gasteiger partial charge in [0.15, 0.2) is 0 Å². The fraction of sp³-hybridized carbons (Fsp3) is 0.941. The first kappa shape index (κ1) is 16.8. The first-order chi connectivity index (χ1) is 10.2. The summed E-state index contributed by atoms with van der Waals surface area (Å²) in [6, 6.07) is 0.685. The molecule has 0 aromatic carbocycles. The summed E-state index contributed by atoms with van der Waals surface area (Å²) in [7, 11) is 0. The molecule has 21 heavy (non-hydrogen) atoms. The third-order valence-electron chi connectivity index (χ3n) is 4.84. The molecule has 122 valence electrons. The summed E-state index contributed by atoms with van der Waals surface area (Å²) < 4.78 is 0. The van der Waals surface area contributed by atoms with Gasteiger partial charge in [-0.25, -0.2) is 0 Å². The number of unbranched alkanes of at least 4 members (excludes halogenated alkanes) is 2. The van der Waals surface area contributed by atoms with Crippen LogP contribution in [0.4, 0.5) is 0 Å². The highest BCUT2D eigenvalue weighted by Crippen LogP contribution is 2.30. The number of carbonyl (C=O) groups is 1. The standard InChI is InChI=1S/C17H33N3O/c1-3-4-5-11-19-17(21)14(2)20(16-8-9-16)13-15-7-6-10-18-12-15/h14-16,18H,3-13H2,1-2H3,(H,19,21). The summed E-state index contributed by atoms with van der Waals surface area (Å²) in [6.45, 7) is 8.48. The molecule has 1 heterocycles. The highest BCUT2D eigenvalue weighted by atomic mass is 16.2. The Morgan fingerprint density at radius 1 is 1.33 bits per heavy atom. The number of carbonyl (C=O) groups excluding carboxylic acids is 1. The summed E-state index contributed by atoms with van der Waals surface area (Å²) in [5.41, 5.74) is 0. The number of hydrogen-bond acceptors (Lipinski definition) is 3. The molecule has 1 saturated carbocycles. The molecular weight excluding hydrogens is 262 g/mol. The molecule has 1 saturated heterocycles. The van der Waals surface area contributed by atoms with Crippen molar-refractivity contribution < 1.29 is 4.79 Å². The zero-order valence-electron chi connectivity index (χ0n) is 13.9. The Morgan fingerprint density at radius 2 is 2.14 bits per heavy atom. The summed E-state index contributed by atoms with van der Waals surface area (Å²) in [6.07, 6.45) is 8.64. The molecule has 4 heteroatoms. The highest BCUT2D eigenvalue weighted by molar-refractivity contribution is 5.81. The van der Waals surface area contributed by atoms with Gasteiger partial charge in [0, 0.05) is 19.1 Å². The molecule has 2 aliphatic rings. The Bertz CT molecular complexity index is 311. The summed E-state index contributed by atoms with van der Waals surface area (Å²) >= 11 is 0. The first-order valence-corrected chi connectivity index (χ1v) is 8.96. The maximum absolute atomic E-state index is 12.4. The van der Waals surface area contributed by atoms with E-state index in [0.29, 0.717) is 6.04 Å². The lowest BCUT2D eigenvalue weighted by atomic mass is 9.98. The highest BCUT2D eigenvalue weighted by Gasteiger charge is 2.36.